The van der Waals surface area contributed by atoms with Gasteiger partial charge in [-0.15, -0.1) is 0 Å². The van der Waals surface area contributed by atoms with Gasteiger partial charge in [-0.25, -0.2) is 0 Å². The molecule has 1 aliphatic heterocycles. The number of hydrogen-bond donors (Lipinski definition) is 1. The maximum atomic E-state index is 12.3. The minimum absolute atomic E-state index is 0.0704. The first-order chi connectivity index (χ1) is 14.6. The van der Waals surface area contributed by atoms with Crippen molar-refractivity contribution in [2.24, 2.45) is 0 Å². The first kappa shape index (κ1) is 22.2. The van der Waals surface area contributed by atoms with E-state index in [-0.39, 0.29) is 11.9 Å². The number of ether oxygens (including phenoxy) is 2. The Kier molecular flexibility index (Phi) is 8.17. The third-order valence-electron chi connectivity index (χ3n) is 5.17. The van der Waals surface area contributed by atoms with E-state index >= 15 is 0 Å². The van der Waals surface area contributed by atoms with Crippen molar-refractivity contribution in [3.63, 3.8) is 0 Å². The Hall–Kier alpha value is -2.50. The molecule has 1 fully saturated rings. The second-order valence-corrected chi connectivity index (χ2v) is 7.80. The van der Waals surface area contributed by atoms with Gasteiger partial charge in [-0.3, -0.25) is 9.69 Å². The molecule has 1 aliphatic rings. The highest BCUT2D eigenvalue weighted by molar-refractivity contribution is 6.30. The van der Waals surface area contributed by atoms with Gasteiger partial charge in [-0.1, -0.05) is 29.8 Å². The SMILES string of the molecule is CCOc1ccc(/C=C/C(=O)NC2CCN(Cc3ccc(Cl)cc3)CC2)cc1OC. The normalized spacial score (nSPS) is 15.3. The molecule has 0 unspecified atom stereocenters. The Labute approximate surface area is 183 Å². The van der Waals surface area contributed by atoms with Gasteiger partial charge in [0.05, 0.1) is 13.7 Å². The molecule has 1 saturated heterocycles. The number of benzene rings is 2. The van der Waals surface area contributed by atoms with Crippen LogP contribution in [0.15, 0.2) is 48.5 Å². The lowest BCUT2D eigenvalue weighted by Crippen LogP contribution is -2.43. The zero-order valence-electron chi connectivity index (χ0n) is 17.6. The molecule has 6 heteroatoms. The monoisotopic (exact) mass is 428 g/mol. The van der Waals surface area contributed by atoms with Crippen LogP contribution in [0.2, 0.25) is 5.02 Å². The van der Waals surface area contributed by atoms with Crippen LogP contribution in [0.3, 0.4) is 0 Å². The Balaban J connectivity index is 1.46. The summed E-state index contributed by atoms with van der Waals surface area (Å²) in [6.07, 6.45) is 5.27. The molecule has 0 saturated carbocycles. The van der Waals surface area contributed by atoms with Gasteiger partial charge in [0.2, 0.25) is 5.91 Å². The summed E-state index contributed by atoms with van der Waals surface area (Å²) in [5.41, 5.74) is 2.15. The van der Waals surface area contributed by atoms with Crippen LogP contribution in [-0.4, -0.2) is 43.7 Å². The number of hydrogen-bond acceptors (Lipinski definition) is 4. The molecule has 0 bridgehead atoms. The Bertz CT molecular complexity index is 859. The molecule has 0 atom stereocenters. The van der Waals surface area contributed by atoms with Gasteiger partial charge in [-0.05, 0) is 61.2 Å². The average molecular weight is 429 g/mol. The summed E-state index contributed by atoms with van der Waals surface area (Å²) in [7, 11) is 1.61. The number of nitrogens with zero attached hydrogens (tertiary/aromatic N) is 1. The molecule has 160 valence electrons. The summed E-state index contributed by atoms with van der Waals surface area (Å²) >= 11 is 5.95. The molecular weight excluding hydrogens is 400 g/mol. The van der Waals surface area contributed by atoms with Gasteiger partial charge < -0.3 is 14.8 Å². The number of carbonyl (C=O) groups is 1. The van der Waals surface area contributed by atoms with Gasteiger partial charge in [-0.2, -0.15) is 0 Å². The molecule has 1 N–H and O–H groups in total. The summed E-state index contributed by atoms with van der Waals surface area (Å²) in [6.45, 7) is 5.35. The van der Waals surface area contributed by atoms with Crippen LogP contribution in [0.5, 0.6) is 11.5 Å². The van der Waals surface area contributed by atoms with Gasteiger partial charge >= 0.3 is 0 Å². The number of nitrogens with one attached hydrogen (secondary N) is 1. The van der Waals surface area contributed by atoms with Crippen molar-refractivity contribution in [3.8, 4) is 11.5 Å². The lowest BCUT2D eigenvalue weighted by molar-refractivity contribution is -0.117. The molecule has 0 aliphatic carbocycles. The van der Waals surface area contributed by atoms with E-state index in [1.807, 2.05) is 37.3 Å². The Morgan fingerprint density at radius 3 is 2.57 bits per heavy atom. The molecule has 1 amide bonds. The number of rotatable bonds is 8. The van der Waals surface area contributed by atoms with Gasteiger partial charge in [0.1, 0.15) is 0 Å². The standard InChI is InChI=1S/C24H29ClN2O3/c1-3-30-22-10-6-18(16-23(22)29-2)7-11-24(28)26-21-12-14-27(15-13-21)17-19-4-8-20(25)9-5-19/h4-11,16,21H,3,12-15,17H2,1-2H3,(H,26,28)/b11-7+. The number of methoxy groups -OCH3 is 1. The van der Waals surface area contributed by atoms with E-state index in [4.69, 9.17) is 21.1 Å². The summed E-state index contributed by atoms with van der Waals surface area (Å²) in [5.74, 6) is 1.29. The minimum Gasteiger partial charge on any atom is -0.493 e. The fourth-order valence-corrected chi connectivity index (χ4v) is 3.69. The van der Waals surface area contributed by atoms with Crippen LogP contribution >= 0.6 is 11.6 Å². The largest absolute Gasteiger partial charge is 0.493 e. The number of piperidine rings is 1. The number of carbonyl (C=O) groups excluding carboxylic acids is 1. The fourth-order valence-electron chi connectivity index (χ4n) is 3.57. The van der Waals surface area contributed by atoms with Crippen molar-refractivity contribution in [2.45, 2.75) is 32.4 Å². The third-order valence-corrected chi connectivity index (χ3v) is 5.42. The smallest absolute Gasteiger partial charge is 0.244 e. The van der Waals surface area contributed by atoms with Crippen molar-refractivity contribution in [1.29, 1.82) is 0 Å². The molecule has 2 aromatic rings. The number of likely N-dealkylation sites (tertiary alicyclic amines) is 1. The summed E-state index contributed by atoms with van der Waals surface area (Å²) in [4.78, 5) is 14.7. The van der Waals surface area contributed by atoms with E-state index in [2.05, 4.69) is 22.3 Å². The molecule has 30 heavy (non-hydrogen) atoms. The maximum absolute atomic E-state index is 12.3. The number of amides is 1. The lowest BCUT2D eigenvalue weighted by Gasteiger charge is -2.32. The van der Waals surface area contributed by atoms with Crippen molar-refractivity contribution in [2.75, 3.05) is 26.8 Å². The third kappa shape index (κ3) is 6.51. The molecule has 5 nitrogen and oxygen atoms in total. The number of halogens is 1. The molecular formula is C24H29ClN2O3. The summed E-state index contributed by atoms with van der Waals surface area (Å²) in [5, 5.41) is 3.88. The molecule has 1 heterocycles. The van der Waals surface area contributed by atoms with Crippen molar-refractivity contribution in [1.82, 2.24) is 10.2 Å². The van der Waals surface area contributed by atoms with Crippen LogP contribution in [-0.2, 0) is 11.3 Å². The molecule has 0 radical (unpaired) electrons. The highest BCUT2D eigenvalue weighted by Crippen LogP contribution is 2.28. The van der Waals surface area contributed by atoms with E-state index in [9.17, 15) is 4.79 Å². The predicted octanol–water partition coefficient (Wildman–Crippen LogP) is 4.54. The first-order valence-corrected chi connectivity index (χ1v) is 10.7. The minimum atomic E-state index is -0.0704. The van der Waals surface area contributed by atoms with Crippen molar-refractivity contribution < 1.29 is 14.3 Å². The van der Waals surface area contributed by atoms with Crippen LogP contribution < -0.4 is 14.8 Å². The lowest BCUT2D eigenvalue weighted by atomic mass is 10.0. The van der Waals surface area contributed by atoms with Gasteiger partial charge in [0.15, 0.2) is 11.5 Å². The van der Waals surface area contributed by atoms with Crippen LogP contribution in [0.1, 0.15) is 30.9 Å². The first-order valence-electron chi connectivity index (χ1n) is 10.3. The average Bonchev–Trinajstić information content (AvgIpc) is 2.76. The van der Waals surface area contributed by atoms with Crippen molar-refractivity contribution in [3.05, 3.63) is 64.7 Å². The van der Waals surface area contributed by atoms with E-state index in [0.717, 1.165) is 43.1 Å². The Morgan fingerprint density at radius 2 is 1.90 bits per heavy atom. The fraction of sp³-hybridized carbons (Fsp3) is 0.375. The topological polar surface area (TPSA) is 50.8 Å². The quantitative estimate of drug-likeness (QED) is 0.627. The molecule has 3 rings (SSSR count). The summed E-state index contributed by atoms with van der Waals surface area (Å²) < 4.78 is 10.9. The van der Waals surface area contributed by atoms with Crippen molar-refractivity contribution >= 4 is 23.6 Å². The second-order valence-electron chi connectivity index (χ2n) is 7.36. The maximum Gasteiger partial charge on any atom is 0.244 e. The van der Waals surface area contributed by atoms with Crippen LogP contribution in [0.4, 0.5) is 0 Å². The zero-order chi connectivity index (χ0) is 21.3. The highest BCUT2D eigenvalue weighted by Gasteiger charge is 2.20. The zero-order valence-corrected chi connectivity index (χ0v) is 18.3. The molecule has 0 spiro atoms. The highest BCUT2D eigenvalue weighted by atomic mass is 35.5. The molecule has 0 aromatic heterocycles. The molecule has 2 aromatic carbocycles. The van der Waals surface area contributed by atoms with E-state index in [0.29, 0.717) is 18.1 Å². The second kappa shape index (κ2) is 11.0. The van der Waals surface area contributed by atoms with E-state index in [1.54, 1.807) is 19.3 Å². The van der Waals surface area contributed by atoms with Crippen LogP contribution in [0, 0.1) is 0 Å². The van der Waals surface area contributed by atoms with Gasteiger partial charge in [0, 0.05) is 36.8 Å². The Morgan fingerprint density at radius 1 is 1.17 bits per heavy atom. The summed E-state index contributed by atoms with van der Waals surface area (Å²) in [6, 6.07) is 13.8. The predicted molar refractivity (Wildman–Crippen MR) is 121 cm³/mol. The van der Waals surface area contributed by atoms with Crippen LogP contribution in [0.25, 0.3) is 6.08 Å². The van der Waals surface area contributed by atoms with Gasteiger partial charge in [0.25, 0.3) is 0 Å². The van der Waals surface area contributed by atoms with E-state index in [1.165, 1.54) is 5.56 Å². The van der Waals surface area contributed by atoms with E-state index < -0.39 is 0 Å².